The van der Waals surface area contributed by atoms with Crippen molar-refractivity contribution >= 4 is 5.97 Å². The van der Waals surface area contributed by atoms with E-state index in [9.17, 15) is 4.79 Å². The molecule has 2 N–H and O–H groups in total. The fourth-order valence-electron chi connectivity index (χ4n) is 1.57. The molecule has 1 rings (SSSR count). The highest BCUT2D eigenvalue weighted by molar-refractivity contribution is 5.67. The summed E-state index contributed by atoms with van der Waals surface area (Å²) in [4.78, 5) is 10.5. The van der Waals surface area contributed by atoms with Crippen molar-refractivity contribution in [2.75, 3.05) is 14.2 Å². The molecule has 0 aromatic heterocycles. The molecule has 0 heterocycles. The first-order valence-electron chi connectivity index (χ1n) is 5.19. The highest BCUT2D eigenvalue weighted by Crippen LogP contribution is 2.20. The van der Waals surface area contributed by atoms with Crippen molar-refractivity contribution < 1.29 is 14.6 Å². The largest absolute Gasteiger partial charge is 0.496 e. The van der Waals surface area contributed by atoms with Crippen LogP contribution in [0.1, 0.15) is 17.5 Å². The van der Waals surface area contributed by atoms with Crippen LogP contribution in [0.5, 0.6) is 5.75 Å². The predicted octanol–water partition coefficient (Wildman–Crippen LogP) is 1.43. The number of hydrogen-bond acceptors (Lipinski definition) is 3. The van der Waals surface area contributed by atoms with E-state index < -0.39 is 5.97 Å². The lowest BCUT2D eigenvalue weighted by Crippen LogP contribution is -2.07. The van der Waals surface area contributed by atoms with Gasteiger partial charge >= 0.3 is 5.97 Å². The lowest BCUT2D eigenvalue weighted by molar-refractivity contribution is -0.136. The summed E-state index contributed by atoms with van der Waals surface area (Å²) in [5.41, 5.74) is 2.07. The second kappa shape index (κ2) is 6.12. The number of aliphatic carboxylic acids is 1. The van der Waals surface area contributed by atoms with E-state index in [-0.39, 0.29) is 6.42 Å². The maximum Gasteiger partial charge on any atom is 0.303 e. The molecular weight excluding hydrogens is 206 g/mol. The normalized spacial score (nSPS) is 10.1. The van der Waals surface area contributed by atoms with E-state index in [4.69, 9.17) is 9.84 Å². The second-order valence-corrected chi connectivity index (χ2v) is 3.57. The Balaban J connectivity index is 2.79. The van der Waals surface area contributed by atoms with Crippen LogP contribution in [-0.2, 0) is 17.8 Å². The summed E-state index contributed by atoms with van der Waals surface area (Å²) in [5, 5.41) is 11.7. The first-order chi connectivity index (χ1) is 7.67. The third-order valence-corrected chi connectivity index (χ3v) is 2.34. The minimum atomic E-state index is -0.772. The Morgan fingerprint density at radius 1 is 1.50 bits per heavy atom. The SMILES string of the molecule is CNCc1cc(CCC(=O)O)ccc1OC. The zero-order valence-corrected chi connectivity index (χ0v) is 9.62. The lowest BCUT2D eigenvalue weighted by atomic mass is 10.1. The number of benzene rings is 1. The van der Waals surface area contributed by atoms with Gasteiger partial charge in [0.2, 0.25) is 0 Å². The molecule has 4 nitrogen and oxygen atoms in total. The summed E-state index contributed by atoms with van der Waals surface area (Å²) < 4.78 is 5.22. The number of rotatable bonds is 6. The molecule has 0 amide bonds. The van der Waals surface area contributed by atoms with Crippen LogP contribution in [0.3, 0.4) is 0 Å². The van der Waals surface area contributed by atoms with Crippen LogP contribution >= 0.6 is 0 Å². The third-order valence-electron chi connectivity index (χ3n) is 2.34. The van der Waals surface area contributed by atoms with Crippen LogP contribution < -0.4 is 10.1 Å². The maximum absolute atomic E-state index is 10.5. The molecule has 1 aromatic carbocycles. The molecule has 0 unspecified atom stereocenters. The zero-order valence-electron chi connectivity index (χ0n) is 9.62. The second-order valence-electron chi connectivity index (χ2n) is 3.57. The Morgan fingerprint density at radius 3 is 2.81 bits per heavy atom. The predicted molar refractivity (Wildman–Crippen MR) is 61.7 cm³/mol. The minimum Gasteiger partial charge on any atom is -0.496 e. The number of carboxylic acids is 1. The Labute approximate surface area is 95.2 Å². The van der Waals surface area contributed by atoms with Crippen LogP contribution in [-0.4, -0.2) is 25.2 Å². The number of nitrogens with one attached hydrogen (secondary N) is 1. The van der Waals surface area contributed by atoms with Crippen molar-refractivity contribution in [1.82, 2.24) is 5.32 Å². The Kier molecular flexibility index (Phi) is 4.79. The quantitative estimate of drug-likeness (QED) is 0.766. The van der Waals surface area contributed by atoms with Crippen molar-refractivity contribution in [3.8, 4) is 5.75 Å². The molecule has 0 fully saturated rings. The molecule has 0 spiro atoms. The van der Waals surface area contributed by atoms with Gasteiger partial charge in [-0.2, -0.15) is 0 Å². The van der Waals surface area contributed by atoms with Gasteiger partial charge < -0.3 is 15.2 Å². The monoisotopic (exact) mass is 223 g/mol. The van der Waals surface area contributed by atoms with Crippen LogP contribution in [0.4, 0.5) is 0 Å². The van der Waals surface area contributed by atoms with Crippen molar-refractivity contribution in [3.05, 3.63) is 29.3 Å². The van der Waals surface area contributed by atoms with Gasteiger partial charge in [0.1, 0.15) is 5.75 Å². The summed E-state index contributed by atoms with van der Waals surface area (Å²) >= 11 is 0. The van der Waals surface area contributed by atoms with Gasteiger partial charge in [0.25, 0.3) is 0 Å². The van der Waals surface area contributed by atoms with E-state index in [1.807, 2.05) is 25.2 Å². The lowest BCUT2D eigenvalue weighted by Gasteiger charge is -2.10. The maximum atomic E-state index is 10.5. The van der Waals surface area contributed by atoms with Crippen molar-refractivity contribution in [2.45, 2.75) is 19.4 Å². The van der Waals surface area contributed by atoms with E-state index in [0.717, 1.165) is 16.9 Å². The summed E-state index contributed by atoms with van der Waals surface area (Å²) in [5.74, 6) is 0.0550. The van der Waals surface area contributed by atoms with Gasteiger partial charge in [-0.1, -0.05) is 12.1 Å². The standard InChI is InChI=1S/C12H17NO3/c1-13-8-10-7-9(4-6-12(14)15)3-5-11(10)16-2/h3,5,7,13H,4,6,8H2,1-2H3,(H,14,15). The molecule has 88 valence electrons. The summed E-state index contributed by atoms with van der Waals surface area (Å²) in [6.45, 7) is 0.712. The molecule has 0 bridgehead atoms. The highest BCUT2D eigenvalue weighted by Gasteiger charge is 2.05. The van der Waals surface area contributed by atoms with E-state index in [2.05, 4.69) is 5.32 Å². The van der Waals surface area contributed by atoms with Crippen LogP contribution in [0.25, 0.3) is 0 Å². The molecule has 1 aromatic rings. The number of aryl methyl sites for hydroxylation is 1. The first kappa shape index (κ1) is 12.5. The fraction of sp³-hybridized carbons (Fsp3) is 0.417. The number of hydrogen-bond donors (Lipinski definition) is 2. The number of ether oxygens (including phenoxy) is 1. The fourth-order valence-corrected chi connectivity index (χ4v) is 1.57. The van der Waals surface area contributed by atoms with Gasteiger partial charge in [0, 0.05) is 18.5 Å². The van der Waals surface area contributed by atoms with Gasteiger partial charge in [-0.05, 0) is 25.1 Å². The van der Waals surface area contributed by atoms with Crippen LogP contribution in [0.15, 0.2) is 18.2 Å². The van der Waals surface area contributed by atoms with E-state index in [0.29, 0.717) is 13.0 Å². The van der Waals surface area contributed by atoms with Crippen LogP contribution in [0.2, 0.25) is 0 Å². The number of carbonyl (C=O) groups is 1. The van der Waals surface area contributed by atoms with Gasteiger partial charge in [-0.3, -0.25) is 4.79 Å². The van der Waals surface area contributed by atoms with Crippen LogP contribution in [0, 0.1) is 0 Å². The number of carboxylic acid groups (broad SMARTS) is 1. The molecule has 0 saturated carbocycles. The number of methoxy groups -OCH3 is 1. The van der Waals surface area contributed by atoms with E-state index in [1.165, 1.54) is 0 Å². The average Bonchev–Trinajstić information content (AvgIpc) is 2.27. The van der Waals surface area contributed by atoms with Gasteiger partial charge in [-0.25, -0.2) is 0 Å². The Bertz CT molecular complexity index is 363. The summed E-state index contributed by atoms with van der Waals surface area (Å²) in [7, 11) is 3.49. The molecule has 0 radical (unpaired) electrons. The first-order valence-corrected chi connectivity index (χ1v) is 5.19. The third kappa shape index (κ3) is 3.55. The average molecular weight is 223 g/mol. The van der Waals surface area contributed by atoms with Gasteiger partial charge in [0.15, 0.2) is 0 Å². The molecule has 0 aliphatic carbocycles. The Hall–Kier alpha value is -1.55. The molecule has 0 aliphatic rings. The topological polar surface area (TPSA) is 58.6 Å². The molecule has 0 atom stereocenters. The molecule has 0 aliphatic heterocycles. The minimum absolute atomic E-state index is 0.158. The summed E-state index contributed by atoms with van der Waals surface area (Å²) in [6.07, 6.45) is 0.710. The van der Waals surface area contributed by atoms with Crippen molar-refractivity contribution in [2.24, 2.45) is 0 Å². The molecule has 4 heteroatoms. The van der Waals surface area contributed by atoms with E-state index >= 15 is 0 Å². The van der Waals surface area contributed by atoms with E-state index in [1.54, 1.807) is 7.11 Å². The highest BCUT2D eigenvalue weighted by atomic mass is 16.5. The summed E-state index contributed by atoms with van der Waals surface area (Å²) in [6, 6.07) is 5.77. The zero-order chi connectivity index (χ0) is 12.0. The smallest absolute Gasteiger partial charge is 0.303 e. The van der Waals surface area contributed by atoms with Crippen molar-refractivity contribution in [1.29, 1.82) is 0 Å². The van der Waals surface area contributed by atoms with Crippen molar-refractivity contribution in [3.63, 3.8) is 0 Å². The Morgan fingerprint density at radius 2 is 2.25 bits per heavy atom. The molecule has 0 saturated heterocycles. The van der Waals surface area contributed by atoms with Gasteiger partial charge in [-0.15, -0.1) is 0 Å². The molecular formula is C12H17NO3. The van der Waals surface area contributed by atoms with Gasteiger partial charge in [0.05, 0.1) is 7.11 Å². The molecule has 16 heavy (non-hydrogen) atoms.